The van der Waals surface area contributed by atoms with Crippen LogP contribution in [0.3, 0.4) is 0 Å². The van der Waals surface area contributed by atoms with E-state index in [-0.39, 0.29) is 55.7 Å². The van der Waals surface area contributed by atoms with Gasteiger partial charge >= 0.3 is 19.5 Å². The fraction of sp³-hybridized carbons (Fsp3) is 0. The van der Waals surface area contributed by atoms with Crippen molar-refractivity contribution >= 4 is 0 Å². The molecule has 0 aromatic rings. The van der Waals surface area contributed by atoms with Crippen molar-refractivity contribution in [3.8, 4) is 0 Å². The van der Waals surface area contributed by atoms with Crippen molar-refractivity contribution in [2.24, 2.45) is 0 Å². The average molecular weight is 204 g/mol. The Bertz CT molecular complexity index is 8.04. The van der Waals surface area contributed by atoms with Crippen molar-refractivity contribution in [3.05, 3.63) is 0 Å². The van der Waals surface area contributed by atoms with Gasteiger partial charge in [0.15, 0.2) is 0 Å². The van der Waals surface area contributed by atoms with Gasteiger partial charge in [0.1, 0.15) is 0 Å². The van der Waals surface area contributed by atoms with E-state index < -0.39 is 0 Å². The van der Waals surface area contributed by atoms with E-state index in [4.69, 9.17) is 0 Å². The van der Waals surface area contributed by atoms with Crippen molar-refractivity contribution in [1.29, 1.82) is 0 Å². The van der Waals surface area contributed by atoms with Gasteiger partial charge in [-0.3, -0.25) is 0 Å². The molecule has 7 heteroatoms. The summed E-state index contributed by atoms with van der Waals surface area (Å²) >= 11 is 0. The fourth-order valence-electron chi connectivity index (χ4n) is 0. The molecule has 0 aliphatic carbocycles. The molecule has 0 aliphatic heterocycles. The van der Waals surface area contributed by atoms with E-state index in [9.17, 15) is 0 Å². The Morgan fingerprint density at radius 3 is 0.429 bits per heavy atom. The number of hydrogen-bond donors (Lipinski definition) is 5. The van der Waals surface area contributed by atoms with Crippen LogP contribution < -0.4 is 30.8 Å². The van der Waals surface area contributed by atoms with Crippen LogP contribution in [-0.4, -0.2) is 5.48 Å². The maximum absolute atomic E-state index is 0. The minimum atomic E-state index is 0. The summed E-state index contributed by atoms with van der Waals surface area (Å²) in [6.45, 7) is 0. The van der Waals surface area contributed by atoms with Crippen LogP contribution >= 0.6 is 0 Å². The first-order valence-electron chi connectivity index (χ1n) is 0. The molecule has 0 aromatic heterocycles. The predicted molar refractivity (Wildman–Crippen MR) is 28.7 cm³/mol. The van der Waals surface area contributed by atoms with Gasteiger partial charge in [0, 0.05) is 0 Å². The second-order valence-corrected chi connectivity index (χ2v) is 0. The molecule has 0 rings (SSSR count). The zero-order valence-corrected chi connectivity index (χ0v) is 6.13. The largest absolute Gasteiger partial charge is 2.00 e. The molecule has 0 aliphatic rings. The third kappa shape index (κ3) is 834. The van der Waals surface area contributed by atoms with Crippen molar-refractivity contribution < 1.29 is 25.0 Å². The Labute approximate surface area is 56.4 Å². The molecule has 0 fully saturated rings. The Morgan fingerprint density at radius 2 is 0.429 bits per heavy atom. The molecular weight excluding hydrogens is 187 g/mol. The molecule has 0 bridgehead atoms. The van der Waals surface area contributed by atoms with Gasteiger partial charge in [-0.2, -0.15) is 0 Å². The third-order valence-electron chi connectivity index (χ3n) is 0. The van der Waals surface area contributed by atoms with Crippen LogP contribution in [0.2, 0.25) is 0 Å². The summed E-state index contributed by atoms with van der Waals surface area (Å²) in [4.78, 5) is 0. The molecule has 7 heavy (non-hydrogen) atoms. The van der Waals surface area contributed by atoms with E-state index in [1.165, 1.54) is 0 Å². The van der Waals surface area contributed by atoms with Crippen LogP contribution in [0.5, 0.6) is 0 Å². The minimum Gasteiger partial charge on any atom is -0.412 e. The van der Waals surface area contributed by atoms with Gasteiger partial charge in [0.05, 0.1) is 0 Å². The van der Waals surface area contributed by atoms with Crippen LogP contribution in [0.15, 0.2) is 0 Å². The molecule has 0 atom stereocenters. The summed E-state index contributed by atoms with van der Waals surface area (Å²) < 4.78 is 0. The zero-order chi connectivity index (χ0) is 0. The molecule has 0 heterocycles. The molecule has 6 nitrogen and oxygen atoms in total. The first-order chi connectivity index (χ1) is 0. The Kier molecular flexibility index (Phi) is 368000. The number of rotatable bonds is 0. The van der Waals surface area contributed by atoms with Crippen LogP contribution in [0.1, 0.15) is 0 Å². The minimum absolute atomic E-state index is 0. The smallest absolute Gasteiger partial charge is 0.412 e. The van der Waals surface area contributed by atoms with Crippen LogP contribution in [0.4, 0.5) is 0 Å². The first-order valence-corrected chi connectivity index (χ1v) is 0. The second kappa shape index (κ2) is 1260. The molecule has 0 radical (unpaired) electrons. The molecule has 0 saturated heterocycles. The maximum Gasteiger partial charge on any atom is 2.00 e. The Morgan fingerprint density at radius 1 is 0.429 bits per heavy atom. The molecule has 54 valence electrons. The molecule has 0 saturated carbocycles. The van der Waals surface area contributed by atoms with Crippen LogP contribution in [-0.2, 0) is 19.5 Å². The molecule has 17 N–H and O–H groups in total. The number of hydrogen-bond acceptors (Lipinski definition) is 5. The average Bonchev–Trinajstić information content (AvgIpc) is 0. The first kappa shape index (κ1) is 2050. The van der Waals surface area contributed by atoms with Crippen molar-refractivity contribution in [2.75, 3.05) is 0 Å². The normalized spacial score (nSPS) is 0. The van der Waals surface area contributed by atoms with Gasteiger partial charge < -0.3 is 36.2 Å². The summed E-state index contributed by atoms with van der Waals surface area (Å²) in [6, 6.07) is 0. The van der Waals surface area contributed by atoms with Crippen LogP contribution in [0, 0.1) is 0 Å². The third-order valence-corrected chi connectivity index (χ3v) is 0. The van der Waals surface area contributed by atoms with Crippen molar-refractivity contribution in [3.63, 3.8) is 0 Å². The van der Waals surface area contributed by atoms with Gasteiger partial charge in [-0.05, 0) is 0 Å². The van der Waals surface area contributed by atoms with Gasteiger partial charge in [-0.15, -0.1) is 0 Å². The molecule has 0 spiro atoms. The van der Waals surface area contributed by atoms with Gasteiger partial charge in [-0.1, -0.05) is 0 Å². The monoisotopic (exact) mass is 205 g/mol. The second-order valence-electron chi connectivity index (χ2n) is 0. The van der Waals surface area contributed by atoms with Gasteiger partial charge in [0.25, 0.3) is 0 Å². The summed E-state index contributed by atoms with van der Waals surface area (Å²) in [5, 5.41) is 0. The summed E-state index contributed by atoms with van der Waals surface area (Å²) in [6.07, 6.45) is 0. The molecular formula is H17N5ORu+2. The predicted octanol–water partition coefficient (Wildman–Crippen LogP) is -0.0172. The Balaban J connectivity index is 0. The SMILES string of the molecule is N.N.N.N.N.O.[Ru+2]. The van der Waals surface area contributed by atoms with E-state index in [1.807, 2.05) is 0 Å². The zero-order valence-electron chi connectivity index (χ0n) is 4.39. The maximum atomic E-state index is 0. The van der Waals surface area contributed by atoms with Crippen molar-refractivity contribution in [2.45, 2.75) is 0 Å². The summed E-state index contributed by atoms with van der Waals surface area (Å²) in [5.74, 6) is 0. The van der Waals surface area contributed by atoms with E-state index in [1.54, 1.807) is 0 Å². The Hall–Kier alpha value is 0.383. The van der Waals surface area contributed by atoms with E-state index in [0.717, 1.165) is 0 Å². The standard InChI is InChI=1S/5H3N.H2O.Ru/h5*1H3;1H2;/q;;;;;;+2. The fourth-order valence-corrected chi connectivity index (χ4v) is 0. The van der Waals surface area contributed by atoms with Gasteiger partial charge in [-0.25, -0.2) is 0 Å². The molecule has 0 aromatic carbocycles. The topological polar surface area (TPSA) is 206 Å². The van der Waals surface area contributed by atoms with E-state index >= 15 is 0 Å². The summed E-state index contributed by atoms with van der Waals surface area (Å²) in [7, 11) is 0. The quantitative estimate of drug-likeness (QED) is 0.343. The molecule has 0 amide bonds. The van der Waals surface area contributed by atoms with Gasteiger partial charge in [0.2, 0.25) is 0 Å². The van der Waals surface area contributed by atoms with Crippen LogP contribution in [0.25, 0.3) is 0 Å². The van der Waals surface area contributed by atoms with E-state index in [2.05, 4.69) is 0 Å². The molecule has 0 unspecified atom stereocenters. The summed E-state index contributed by atoms with van der Waals surface area (Å²) in [5.41, 5.74) is 0. The van der Waals surface area contributed by atoms with E-state index in [0.29, 0.717) is 0 Å². The van der Waals surface area contributed by atoms with Crippen molar-refractivity contribution in [1.82, 2.24) is 30.8 Å².